The molecular weight excluding hydrogens is 254 g/mol. The van der Waals surface area contributed by atoms with Crippen molar-refractivity contribution in [2.45, 2.75) is 63.6 Å². The standard InChI is InChI=1S/C16H31NO3/c1-2-3-10-20-13-15(18)12-17-9-8-16(19)7-5-4-6-14(16)11-17/h14-15,18-19H,2-13H2,1H3. The average molecular weight is 285 g/mol. The lowest BCUT2D eigenvalue weighted by Crippen LogP contribution is -2.54. The fourth-order valence-corrected chi connectivity index (χ4v) is 3.62. The molecule has 1 aliphatic heterocycles. The Morgan fingerprint density at radius 1 is 1.35 bits per heavy atom. The molecule has 1 saturated heterocycles. The van der Waals surface area contributed by atoms with Crippen LogP contribution in [0.1, 0.15) is 51.9 Å². The van der Waals surface area contributed by atoms with Gasteiger partial charge in [-0.25, -0.2) is 0 Å². The van der Waals surface area contributed by atoms with Crippen molar-refractivity contribution < 1.29 is 14.9 Å². The van der Waals surface area contributed by atoms with Crippen LogP contribution in [-0.2, 0) is 4.74 Å². The Bertz CT molecular complexity index is 287. The first-order chi connectivity index (χ1) is 9.64. The van der Waals surface area contributed by atoms with Gasteiger partial charge in [0.15, 0.2) is 0 Å². The van der Waals surface area contributed by atoms with Crippen LogP contribution in [0.3, 0.4) is 0 Å². The van der Waals surface area contributed by atoms with E-state index < -0.39 is 11.7 Å². The molecule has 2 N–H and O–H groups in total. The summed E-state index contributed by atoms with van der Waals surface area (Å²) in [5.41, 5.74) is -0.419. The van der Waals surface area contributed by atoms with E-state index in [1.807, 2.05) is 0 Å². The molecule has 3 atom stereocenters. The van der Waals surface area contributed by atoms with Crippen molar-refractivity contribution in [1.29, 1.82) is 0 Å². The van der Waals surface area contributed by atoms with Crippen LogP contribution in [0.5, 0.6) is 0 Å². The Hall–Kier alpha value is -0.160. The van der Waals surface area contributed by atoms with Gasteiger partial charge in [-0.3, -0.25) is 0 Å². The minimum atomic E-state index is -0.419. The highest BCUT2D eigenvalue weighted by molar-refractivity contribution is 4.95. The second-order valence-corrected chi connectivity index (χ2v) is 6.64. The molecule has 1 saturated carbocycles. The maximum Gasteiger partial charge on any atom is 0.0900 e. The molecule has 1 aliphatic carbocycles. The summed E-state index contributed by atoms with van der Waals surface area (Å²) < 4.78 is 5.48. The van der Waals surface area contributed by atoms with Gasteiger partial charge in [0.2, 0.25) is 0 Å². The zero-order chi connectivity index (χ0) is 14.4. The van der Waals surface area contributed by atoms with Crippen LogP contribution < -0.4 is 0 Å². The first kappa shape index (κ1) is 16.2. The van der Waals surface area contributed by atoms with Crippen molar-refractivity contribution in [3.63, 3.8) is 0 Å². The molecule has 0 radical (unpaired) electrons. The number of fused-ring (bicyclic) bond motifs is 1. The SMILES string of the molecule is CCCCOCC(O)CN1CCC2(O)CCCCC2C1. The van der Waals surface area contributed by atoms with E-state index in [4.69, 9.17) is 4.74 Å². The van der Waals surface area contributed by atoms with Crippen molar-refractivity contribution >= 4 is 0 Å². The van der Waals surface area contributed by atoms with Crippen LogP contribution in [-0.4, -0.2) is 59.7 Å². The molecule has 3 unspecified atom stereocenters. The van der Waals surface area contributed by atoms with Crippen molar-refractivity contribution in [3.05, 3.63) is 0 Å². The van der Waals surface area contributed by atoms with Crippen LogP contribution in [0, 0.1) is 5.92 Å². The summed E-state index contributed by atoms with van der Waals surface area (Å²) in [6.45, 7) is 5.83. The van der Waals surface area contributed by atoms with Gasteiger partial charge < -0.3 is 19.8 Å². The number of hydrogen-bond acceptors (Lipinski definition) is 4. The lowest BCUT2D eigenvalue weighted by Gasteiger charge is -2.47. The molecule has 0 aromatic heterocycles. The number of ether oxygens (including phenoxy) is 1. The van der Waals surface area contributed by atoms with Crippen LogP contribution in [0.2, 0.25) is 0 Å². The number of unbranched alkanes of at least 4 members (excludes halogenated alkanes) is 1. The highest BCUT2D eigenvalue weighted by atomic mass is 16.5. The highest BCUT2D eigenvalue weighted by Crippen LogP contribution is 2.39. The topological polar surface area (TPSA) is 52.9 Å². The maximum absolute atomic E-state index is 10.6. The van der Waals surface area contributed by atoms with Crippen LogP contribution in [0.25, 0.3) is 0 Å². The van der Waals surface area contributed by atoms with Gasteiger partial charge in [-0.1, -0.05) is 26.2 Å². The summed E-state index contributed by atoms with van der Waals surface area (Å²) in [4.78, 5) is 2.30. The first-order valence-corrected chi connectivity index (χ1v) is 8.34. The zero-order valence-corrected chi connectivity index (χ0v) is 12.9. The van der Waals surface area contributed by atoms with Gasteiger partial charge in [0, 0.05) is 32.2 Å². The molecule has 0 spiro atoms. The summed E-state index contributed by atoms with van der Waals surface area (Å²) in [6.07, 6.45) is 7.16. The van der Waals surface area contributed by atoms with Crippen molar-refractivity contribution in [3.8, 4) is 0 Å². The number of piperidine rings is 1. The molecule has 0 aromatic carbocycles. The van der Waals surface area contributed by atoms with Gasteiger partial charge in [-0.2, -0.15) is 0 Å². The molecule has 4 heteroatoms. The van der Waals surface area contributed by atoms with Gasteiger partial charge in [0.1, 0.15) is 0 Å². The monoisotopic (exact) mass is 285 g/mol. The van der Waals surface area contributed by atoms with E-state index in [0.29, 0.717) is 19.1 Å². The summed E-state index contributed by atoms with van der Waals surface area (Å²) in [5.74, 6) is 0.401. The minimum Gasteiger partial charge on any atom is -0.390 e. The fourth-order valence-electron chi connectivity index (χ4n) is 3.62. The normalized spacial score (nSPS) is 32.9. The van der Waals surface area contributed by atoms with E-state index in [0.717, 1.165) is 51.8 Å². The predicted molar refractivity (Wildman–Crippen MR) is 79.7 cm³/mol. The molecule has 20 heavy (non-hydrogen) atoms. The number of aliphatic hydroxyl groups is 2. The quantitative estimate of drug-likeness (QED) is 0.700. The maximum atomic E-state index is 10.6. The Balaban J connectivity index is 1.69. The van der Waals surface area contributed by atoms with Gasteiger partial charge in [0.25, 0.3) is 0 Å². The highest BCUT2D eigenvalue weighted by Gasteiger charge is 2.42. The molecule has 2 rings (SSSR count). The van der Waals surface area contributed by atoms with E-state index in [2.05, 4.69) is 11.8 Å². The Labute approximate surface area is 123 Å². The Kier molecular flexibility index (Phi) is 6.27. The Morgan fingerprint density at radius 3 is 3.00 bits per heavy atom. The van der Waals surface area contributed by atoms with Crippen LogP contribution >= 0.6 is 0 Å². The number of rotatable bonds is 7. The molecule has 1 heterocycles. The van der Waals surface area contributed by atoms with Crippen molar-refractivity contribution in [1.82, 2.24) is 4.90 Å². The number of β-amino-alcohol motifs (C(OH)–C–C–N with tert-alkyl or cyclic N) is 1. The fraction of sp³-hybridized carbons (Fsp3) is 1.00. The predicted octanol–water partition coefficient (Wildman–Crippen LogP) is 1.79. The second kappa shape index (κ2) is 7.74. The number of nitrogens with zero attached hydrogens (tertiary/aromatic N) is 1. The van der Waals surface area contributed by atoms with Crippen LogP contribution in [0.4, 0.5) is 0 Å². The van der Waals surface area contributed by atoms with Gasteiger partial charge >= 0.3 is 0 Å². The van der Waals surface area contributed by atoms with Crippen molar-refractivity contribution in [2.75, 3.05) is 32.8 Å². The van der Waals surface area contributed by atoms with E-state index in [1.54, 1.807) is 0 Å². The molecule has 2 aliphatic rings. The molecule has 0 amide bonds. The molecular formula is C16H31NO3. The van der Waals surface area contributed by atoms with E-state index >= 15 is 0 Å². The molecule has 2 fully saturated rings. The zero-order valence-electron chi connectivity index (χ0n) is 12.9. The molecule has 0 aromatic rings. The summed E-state index contributed by atoms with van der Waals surface area (Å²) >= 11 is 0. The minimum absolute atomic E-state index is 0.401. The second-order valence-electron chi connectivity index (χ2n) is 6.64. The summed E-state index contributed by atoms with van der Waals surface area (Å²) in [6, 6.07) is 0. The third kappa shape index (κ3) is 4.42. The lowest BCUT2D eigenvalue weighted by atomic mass is 9.71. The molecule has 0 bridgehead atoms. The number of likely N-dealkylation sites (tertiary alicyclic amines) is 1. The Morgan fingerprint density at radius 2 is 2.20 bits per heavy atom. The third-order valence-electron chi connectivity index (χ3n) is 4.93. The van der Waals surface area contributed by atoms with Crippen LogP contribution in [0.15, 0.2) is 0 Å². The van der Waals surface area contributed by atoms with Gasteiger partial charge in [-0.05, 0) is 25.7 Å². The van der Waals surface area contributed by atoms with Gasteiger partial charge in [0.05, 0.1) is 18.3 Å². The third-order valence-corrected chi connectivity index (χ3v) is 4.93. The summed E-state index contributed by atoms with van der Waals surface area (Å²) in [7, 11) is 0. The number of aliphatic hydroxyl groups excluding tert-OH is 1. The average Bonchev–Trinajstić information content (AvgIpc) is 2.44. The van der Waals surface area contributed by atoms with Crippen molar-refractivity contribution in [2.24, 2.45) is 5.92 Å². The van der Waals surface area contributed by atoms with E-state index in [-0.39, 0.29) is 0 Å². The first-order valence-electron chi connectivity index (χ1n) is 8.34. The van der Waals surface area contributed by atoms with E-state index in [9.17, 15) is 10.2 Å². The summed E-state index contributed by atoms with van der Waals surface area (Å²) in [5, 5.41) is 20.7. The smallest absolute Gasteiger partial charge is 0.0900 e. The molecule has 118 valence electrons. The lowest BCUT2D eigenvalue weighted by molar-refractivity contribution is -0.102. The largest absolute Gasteiger partial charge is 0.390 e. The van der Waals surface area contributed by atoms with Gasteiger partial charge in [-0.15, -0.1) is 0 Å². The number of hydrogen-bond donors (Lipinski definition) is 2. The molecule has 4 nitrogen and oxygen atoms in total. The van der Waals surface area contributed by atoms with E-state index in [1.165, 1.54) is 12.8 Å².